The lowest BCUT2D eigenvalue weighted by molar-refractivity contribution is -0.118. The Kier molecular flexibility index (Phi) is 7.95. The highest BCUT2D eigenvalue weighted by molar-refractivity contribution is 6.80. The van der Waals surface area contributed by atoms with Crippen molar-refractivity contribution in [3.05, 3.63) is 108 Å². The third-order valence-electron chi connectivity index (χ3n) is 9.62. The lowest BCUT2D eigenvalue weighted by Gasteiger charge is -2.24. The minimum Gasteiger partial charge on any atom is -0.404 e. The number of carbonyl (C=O) groups is 1. The van der Waals surface area contributed by atoms with Crippen LogP contribution in [0.15, 0.2) is 91.4 Å². The van der Waals surface area contributed by atoms with E-state index in [1.807, 2.05) is 25.1 Å². The number of hydrogen-bond acceptors (Lipinski definition) is 5. The predicted octanol–water partition coefficient (Wildman–Crippen LogP) is 6.92. The molecule has 3 aromatic carbocycles. The standard InChI is InChI=1S/C38H38ClN4O2Si/c1-22-14-15-41-20-31(22)30-16-23-17-33(42-21-32(23)36(40)35(30)39)43-37(44)34-28-18-25(19-29(28)34)45-46(26-8-6-5-7-9-26)27-12-10-24(11-13-27)38(2,3)4/h5-17,20-21,25,28-29,34H,18-19,40H2,1-4H3,(H,42,43,44). The Labute approximate surface area is 277 Å². The van der Waals surface area contributed by atoms with Crippen LogP contribution in [-0.2, 0) is 14.6 Å². The number of anilines is 2. The maximum absolute atomic E-state index is 13.4. The topological polar surface area (TPSA) is 90.1 Å². The highest BCUT2D eigenvalue weighted by Gasteiger charge is 2.60. The molecule has 0 spiro atoms. The SMILES string of the molecule is Cc1ccncc1-c1cc2cc(NC(=O)C3C4CC(O[Si](c5ccccc5)c5ccc(C(C)(C)C)cc5)CC43)ncc2c(N)c1Cl. The second-order valence-corrected chi connectivity index (χ2v) is 16.1. The van der Waals surface area contributed by atoms with Crippen LogP contribution in [0.4, 0.5) is 11.5 Å². The molecule has 0 bridgehead atoms. The van der Waals surface area contributed by atoms with Gasteiger partial charge in [0.25, 0.3) is 9.04 Å². The van der Waals surface area contributed by atoms with Gasteiger partial charge >= 0.3 is 0 Å². The Balaban J connectivity index is 1.04. The summed E-state index contributed by atoms with van der Waals surface area (Å²) in [7, 11) is -1.42. The first kappa shape index (κ1) is 30.6. The van der Waals surface area contributed by atoms with Crippen LogP contribution >= 0.6 is 11.6 Å². The molecule has 7 rings (SSSR count). The van der Waals surface area contributed by atoms with Crippen LogP contribution in [0, 0.1) is 24.7 Å². The van der Waals surface area contributed by atoms with Gasteiger partial charge < -0.3 is 15.5 Å². The van der Waals surface area contributed by atoms with Gasteiger partial charge in [-0.15, -0.1) is 0 Å². The van der Waals surface area contributed by atoms with Crippen molar-refractivity contribution < 1.29 is 9.22 Å². The van der Waals surface area contributed by atoms with Gasteiger partial charge in [-0.2, -0.15) is 0 Å². The third-order valence-corrected chi connectivity index (χ3v) is 12.3. The fourth-order valence-corrected chi connectivity index (χ4v) is 9.33. The Morgan fingerprint density at radius 1 is 0.957 bits per heavy atom. The number of carbonyl (C=O) groups excluding carboxylic acids is 1. The zero-order valence-corrected chi connectivity index (χ0v) is 28.3. The maximum Gasteiger partial charge on any atom is 0.283 e. The highest BCUT2D eigenvalue weighted by Crippen LogP contribution is 2.58. The van der Waals surface area contributed by atoms with Crippen molar-refractivity contribution in [3.63, 3.8) is 0 Å². The summed E-state index contributed by atoms with van der Waals surface area (Å²) in [4.78, 5) is 22.2. The lowest BCUT2D eigenvalue weighted by Crippen LogP contribution is -2.47. The summed E-state index contributed by atoms with van der Waals surface area (Å²) in [6.07, 6.45) is 7.18. The summed E-state index contributed by atoms with van der Waals surface area (Å²) < 4.78 is 6.91. The molecule has 46 heavy (non-hydrogen) atoms. The monoisotopic (exact) mass is 645 g/mol. The van der Waals surface area contributed by atoms with Crippen LogP contribution < -0.4 is 21.4 Å². The number of benzene rings is 3. The number of nitrogen functional groups attached to an aromatic ring is 1. The van der Waals surface area contributed by atoms with E-state index in [4.69, 9.17) is 21.8 Å². The molecule has 2 atom stereocenters. The van der Waals surface area contributed by atoms with Crippen molar-refractivity contribution in [2.45, 2.75) is 52.1 Å². The first-order valence-corrected chi connectivity index (χ1v) is 17.7. The Bertz CT molecular complexity index is 1910. The van der Waals surface area contributed by atoms with Crippen molar-refractivity contribution in [1.82, 2.24) is 9.97 Å². The van der Waals surface area contributed by atoms with Crippen molar-refractivity contribution in [2.75, 3.05) is 11.1 Å². The fraction of sp³-hybridized carbons (Fsp3) is 0.289. The third kappa shape index (κ3) is 5.83. The number of nitrogens with one attached hydrogen (secondary N) is 1. The molecule has 0 saturated heterocycles. The van der Waals surface area contributed by atoms with Gasteiger partial charge in [-0.25, -0.2) is 4.98 Å². The van der Waals surface area contributed by atoms with E-state index in [0.717, 1.165) is 40.3 Å². The molecule has 0 aliphatic heterocycles. The smallest absolute Gasteiger partial charge is 0.283 e. The van der Waals surface area contributed by atoms with Gasteiger partial charge in [-0.05, 0) is 82.1 Å². The maximum atomic E-state index is 13.4. The Morgan fingerprint density at radius 3 is 2.33 bits per heavy atom. The predicted molar refractivity (Wildman–Crippen MR) is 189 cm³/mol. The molecule has 8 heteroatoms. The largest absolute Gasteiger partial charge is 0.404 e. The van der Waals surface area contributed by atoms with Gasteiger partial charge in [0.05, 0.1) is 10.7 Å². The fourth-order valence-electron chi connectivity index (χ4n) is 6.97. The molecule has 2 aromatic heterocycles. The van der Waals surface area contributed by atoms with Crippen molar-refractivity contribution in [1.29, 1.82) is 0 Å². The van der Waals surface area contributed by atoms with Crippen LogP contribution in [0.25, 0.3) is 21.9 Å². The molecule has 233 valence electrons. The minimum atomic E-state index is -1.42. The van der Waals surface area contributed by atoms with Crippen molar-refractivity contribution >= 4 is 59.2 Å². The second kappa shape index (κ2) is 12.0. The molecule has 2 saturated carbocycles. The molecule has 2 aliphatic carbocycles. The number of pyridine rings is 2. The molecule has 3 N–H and O–H groups in total. The van der Waals surface area contributed by atoms with Crippen LogP contribution in [0.3, 0.4) is 0 Å². The van der Waals surface area contributed by atoms with Gasteiger partial charge in [0.2, 0.25) is 5.91 Å². The normalized spacial score (nSPS) is 20.6. The number of aromatic nitrogens is 2. The molecule has 6 nitrogen and oxygen atoms in total. The van der Waals surface area contributed by atoms with Gasteiger partial charge in [-0.1, -0.05) is 87.0 Å². The highest BCUT2D eigenvalue weighted by atomic mass is 35.5. The molecule has 5 aromatic rings. The first-order valence-electron chi connectivity index (χ1n) is 15.9. The average molecular weight is 646 g/mol. The van der Waals surface area contributed by atoms with Gasteiger partial charge in [0.15, 0.2) is 0 Å². The average Bonchev–Trinajstić information content (AvgIpc) is 3.56. The summed E-state index contributed by atoms with van der Waals surface area (Å²) in [5.74, 6) is 1.19. The summed E-state index contributed by atoms with van der Waals surface area (Å²) in [6, 6.07) is 25.4. The van der Waals surface area contributed by atoms with E-state index in [9.17, 15) is 4.79 Å². The zero-order chi connectivity index (χ0) is 32.2. The molecular weight excluding hydrogens is 608 g/mol. The molecule has 1 radical (unpaired) electrons. The van der Waals surface area contributed by atoms with Crippen molar-refractivity contribution in [3.8, 4) is 11.1 Å². The molecular formula is C38H38ClN4O2Si. The van der Waals surface area contributed by atoms with Gasteiger partial charge in [0.1, 0.15) is 5.82 Å². The Hall–Kier alpha value is -4.04. The van der Waals surface area contributed by atoms with Gasteiger partial charge in [0, 0.05) is 47.1 Å². The second-order valence-electron chi connectivity index (χ2n) is 13.7. The number of hydrogen-bond donors (Lipinski definition) is 2. The molecule has 1 amide bonds. The summed E-state index contributed by atoms with van der Waals surface area (Å²) in [5.41, 5.74) is 11.1. The van der Waals surface area contributed by atoms with E-state index in [0.29, 0.717) is 28.4 Å². The number of rotatable bonds is 7. The first-order chi connectivity index (χ1) is 22.1. The van der Waals surface area contributed by atoms with E-state index in [-0.39, 0.29) is 23.3 Å². The Morgan fingerprint density at radius 2 is 1.65 bits per heavy atom. The summed E-state index contributed by atoms with van der Waals surface area (Å²) >= 11 is 6.68. The van der Waals surface area contributed by atoms with E-state index in [1.54, 1.807) is 18.6 Å². The van der Waals surface area contributed by atoms with Crippen LogP contribution in [0.5, 0.6) is 0 Å². The summed E-state index contributed by atoms with van der Waals surface area (Å²) in [6.45, 7) is 8.73. The zero-order valence-electron chi connectivity index (χ0n) is 26.6. The molecule has 2 aliphatic rings. The minimum absolute atomic E-state index is 0.0142. The van der Waals surface area contributed by atoms with Crippen LogP contribution in [0.1, 0.15) is 44.7 Å². The quantitative estimate of drug-likeness (QED) is 0.148. The number of amides is 1. The number of fused-ring (bicyclic) bond motifs is 2. The van der Waals surface area contributed by atoms with Crippen LogP contribution in [0.2, 0.25) is 5.02 Å². The summed E-state index contributed by atoms with van der Waals surface area (Å²) in [5, 5.41) is 7.67. The van der Waals surface area contributed by atoms with Crippen molar-refractivity contribution in [2.24, 2.45) is 17.8 Å². The molecule has 2 unspecified atom stereocenters. The van der Waals surface area contributed by atoms with Crippen LogP contribution in [-0.4, -0.2) is 31.0 Å². The van der Waals surface area contributed by atoms with E-state index in [2.05, 4.69) is 90.7 Å². The lowest BCUT2D eigenvalue weighted by atomic mass is 9.87. The van der Waals surface area contributed by atoms with Gasteiger partial charge in [-0.3, -0.25) is 9.78 Å². The van der Waals surface area contributed by atoms with E-state index in [1.165, 1.54) is 15.9 Å². The number of nitrogens with zero attached hydrogens (tertiary/aromatic N) is 2. The number of halogens is 1. The number of nitrogens with two attached hydrogens (primary N) is 1. The number of aryl methyl sites for hydroxylation is 1. The van der Waals surface area contributed by atoms with E-state index >= 15 is 0 Å². The van der Waals surface area contributed by atoms with E-state index < -0.39 is 9.04 Å². The molecule has 2 fully saturated rings. The molecule has 2 heterocycles.